The van der Waals surface area contributed by atoms with E-state index in [9.17, 15) is 4.79 Å². The van der Waals surface area contributed by atoms with Gasteiger partial charge in [0.1, 0.15) is 0 Å². The molecule has 0 N–H and O–H groups in total. The molecule has 1 amide bonds. The molecule has 1 heterocycles. The van der Waals surface area contributed by atoms with Crippen LogP contribution in [-0.4, -0.2) is 17.4 Å². The molecule has 2 atom stereocenters. The van der Waals surface area contributed by atoms with Gasteiger partial charge < -0.3 is 4.90 Å². The molecule has 0 radical (unpaired) electrons. The van der Waals surface area contributed by atoms with Gasteiger partial charge in [0.25, 0.3) is 0 Å². The van der Waals surface area contributed by atoms with Crippen molar-refractivity contribution in [3.8, 4) is 0 Å². The first-order valence-corrected chi connectivity index (χ1v) is 8.42. The monoisotopic (exact) mass is 307 g/mol. The molecule has 0 unspecified atom stereocenters. The van der Waals surface area contributed by atoms with E-state index in [0.717, 1.165) is 19.4 Å². The lowest BCUT2D eigenvalue weighted by atomic mass is 9.81. The Balaban J connectivity index is 1.79. The van der Waals surface area contributed by atoms with E-state index in [-0.39, 0.29) is 17.4 Å². The lowest BCUT2D eigenvalue weighted by Crippen LogP contribution is -2.35. The van der Waals surface area contributed by atoms with Crippen LogP contribution in [0.1, 0.15) is 43.0 Å². The van der Waals surface area contributed by atoms with Crippen LogP contribution in [0.3, 0.4) is 0 Å². The number of rotatable bonds is 4. The zero-order chi connectivity index (χ0) is 16.4. The van der Waals surface area contributed by atoms with E-state index in [4.69, 9.17) is 0 Å². The molecule has 1 fully saturated rings. The molecule has 120 valence electrons. The van der Waals surface area contributed by atoms with Crippen molar-refractivity contribution < 1.29 is 4.79 Å². The molecule has 0 bridgehead atoms. The lowest BCUT2D eigenvalue weighted by molar-refractivity contribution is -0.137. The van der Waals surface area contributed by atoms with Gasteiger partial charge in [0.15, 0.2) is 0 Å². The molecule has 1 aliphatic heterocycles. The van der Waals surface area contributed by atoms with Crippen LogP contribution in [-0.2, 0) is 11.2 Å². The summed E-state index contributed by atoms with van der Waals surface area (Å²) in [5.74, 6) is 0.289. The number of amides is 1. The van der Waals surface area contributed by atoms with Gasteiger partial charge >= 0.3 is 0 Å². The maximum atomic E-state index is 13.1. The van der Waals surface area contributed by atoms with Gasteiger partial charge in [-0.3, -0.25) is 4.79 Å². The van der Waals surface area contributed by atoms with Crippen LogP contribution in [0.25, 0.3) is 0 Å². The average molecular weight is 307 g/mol. The molecule has 3 rings (SSSR count). The first-order chi connectivity index (χ1) is 11.0. The zero-order valence-corrected chi connectivity index (χ0v) is 14.3. The first kappa shape index (κ1) is 15.8. The van der Waals surface area contributed by atoms with Crippen LogP contribution >= 0.6 is 0 Å². The fraction of sp³-hybridized carbons (Fsp3) is 0.381. The van der Waals surface area contributed by atoms with Crippen molar-refractivity contribution in [2.75, 3.05) is 6.54 Å². The second kappa shape index (κ2) is 6.19. The Morgan fingerprint density at radius 1 is 1.09 bits per heavy atom. The lowest BCUT2D eigenvalue weighted by Gasteiger charge is -2.28. The number of hydrogen-bond donors (Lipinski definition) is 0. The third-order valence-corrected chi connectivity index (χ3v) is 5.27. The number of carbonyl (C=O) groups excluding carboxylic acids is 1. The van der Waals surface area contributed by atoms with Crippen LogP contribution in [0.5, 0.6) is 0 Å². The molecule has 1 saturated heterocycles. The Kier molecular flexibility index (Phi) is 4.25. The first-order valence-electron chi connectivity index (χ1n) is 8.42. The van der Waals surface area contributed by atoms with E-state index in [1.807, 2.05) is 23.1 Å². The summed E-state index contributed by atoms with van der Waals surface area (Å²) in [7, 11) is 0. The quantitative estimate of drug-likeness (QED) is 0.812. The Bertz CT molecular complexity index is 694. The predicted molar refractivity (Wildman–Crippen MR) is 94.2 cm³/mol. The molecule has 2 aromatic carbocycles. The number of nitrogens with zero attached hydrogens (tertiary/aromatic N) is 1. The largest absolute Gasteiger partial charge is 0.335 e. The second-order valence-electron chi connectivity index (χ2n) is 7.00. The molecular formula is C21H25NO. The predicted octanol–water partition coefficient (Wildman–Crippen LogP) is 4.54. The van der Waals surface area contributed by atoms with Crippen LogP contribution in [0, 0.1) is 12.3 Å². The van der Waals surface area contributed by atoms with Gasteiger partial charge in [0.2, 0.25) is 5.91 Å². The standard InChI is InChI=1S/C21H25NO/c1-16-9-7-8-12-19(16)15-21(3)13-14-22(20(21)23)17(2)18-10-5-4-6-11-18/h4-12,17H,13-15H2,1-3H3/t17-,21+/m0/s1. The molecule has 0 spiro atoms. The van der Waals surface area contributed by atoms with Gasteiger partial charge in [0.05, 0.1) is 11.5 Å². The van der Waals surface area contributed by atoms with Crippen LogP contribution in [0.4, 0.5) is 0 Å². The minimum atomic E-state index is -0.283. The van der Waals surface area contributed by atoms with Crippen LogP contribution in [0.2, 0.25) is 0 Å². The van der Waals surface area contributed by atoms with Crippen LogP contribution < -0.4 is 0 Å². The highest BCUT2D eigenvalue weighted by Gasteiger charge is 2.44. The van der Waals surface area contributed by atoms with E-state index in [1.54, 1.807) is 0 Å². The van der Waals surface area contributed by atoms with Gasteiger partial charge in [-0.05, 0) is 43.4 Å². The third kappa shape index (κ3) is 3.03. The molecule has 2 nitrogen and oxygen atoms in total. The van der Waals surface area contributed by atoms with Gasteiger partial charge in [-0.1, -0.05) is 61.5 Å². The minimum absolute atomic E-state index is 0.141. The third-order valence-electron chi connectivity index (χ3n) is 5.27. The Labute approximate surface area is 139 Å². The summed E-state index contributed by atoms with van der Waals surface area (Å²) in [5, 5.41) is 0. The minimum Gasteiger partial charge on any atom is -0.335 e. The maximum Gasteiger partial charge on any atom is 0.229 e. The SMILES string of the molecule is Cc1ccccc1C[C@@]1(C)CCN([C@@H](C)c2ccccc2)C1=O. The summed E-state index contributed by atoms with van der Waals surface area (Å²) in [4.78, 5) is 15.1. The number of benzene rings is 2. The topological polar surface area (TPSA) is 20.3 Å². The molecule has 0 saturated carbocycles. The summed E-state index contributed by atoms with van der Waals surface area (Å²) < 4.78 is 0. The molecule has 1 aliphatic rings. The van der Waals surface area contributed by atoms with Gasteiger partial charge in [-0.2, -0.15) is 0 Å². The van der Waals surface area contributed by atoms with Crippen LogP contribution in [0.15, 0.2) is 54.6 Å². The van der Waals surface area contributed by atoms with E-state index in [2.05, 4.69) is 57.2 Å². The zero-order valence-electron chi connectivity index (χ0n) is 14.3. The molecule has 2 aromatic rings. The number of likely N-dealkylation sites (tertiary alicyclic amines) is 1. The highest BCUT2D eigenvalue weighted by atomic mass is 16.2. The normalized spacial score (nSPS) is 22.4. The fourth-order valence-corrected chi connectivity index (χ4v) is 3.60. The summed E-state index contributed by atoms with van der Waals surface area (Å²) >= 11 is 0. The van der Waals surface area contributed by atoms with E-state index < -0.39 is 0 Å². The van der Waals surface area contributed by atoms with Crippen molar-refractivity contribution in [3.63, 3.8) is 0 Å². The van der Waals surface area contributed by atoms with Crippen molar-refractivity contribution in [1.82, 2.24) is 4.90 Å². The second-order valence-corrected chi connectivity index (χ2v) is 7.00. The Hall–Kier alpha value is -2.09. The van der Waals surface area contributed by atoms with Crippen molar-refractivity contribution in [2.24, 2.45) is 5.41 Å². The average Bonchev–Trinajstić information content (AvgIpc) is 2.85. The summed E-state index contributed by atoms with van der Waals surface area (Å²) in [6.45, 7) is 7.23. The summed E-state index contributed by atoms with van der Waals surface area (Å²) in [6, 6.07) is 18.9. The van der Waals surface area contributed by atoms with Crippen molar-refractivity contribution >= 4 is 5.91 Å². The summed E-state index contributed by atoms with van der Waals surface area (Å²) in [6.07, 6.45) is 1.76. The van der Waals surface area contributed by atoms with Crippen molar-refractivity contribution in [3.05, 3.63) is 71.3 Å². The van der Waals surface area contributed by atoms with Gasteiger partial charge in [-0.15, -0.1) is 0 Å². The molecular weight excluding hydrogens is 282 g/mol. The molecule has 2 heteroatoms. The highest BCUT2D eigenvalue weighted by Crippen LogP contribution is 2.39. The smallest absolute Gasteiger partial charge is 0.229 e. The molecule has 23 heavy (non-hydrogen) atoms. The Morgan fingerprint density at radius 2 is 1.74 bits per heavy atom. The van der Waals surface area contributed by atoms with E-state index >= 15 is 0 Å². The fourth-order valence-electron chi connectivity index (χ4n) is 3.60. The maximum absolute atomic E-state index is 13.1. The number of aryl methyl sites for hydroxylation is 1. The van der Waals surface area contributed by atoms with Crippen molar-refractivity contribution in [2.45, 2.75) is 39.7 Å². The molecule has 0 aromatic heterocycles. The van der Waals surface area contributed by atoms with E-state index in [0.29, 0.717) is 0 Å². The molecule has 0 aliphatic carbocycles. The van der Waals surface area contributed by atoms with Crippen molar-refractivity contribution in [1.29, 1.82) is 0 Å². The van der Waals surface area contributed by atoms with E-state index in [1.165, 1.54) is 16.7 Å². The number of hydrogen-bond acceptors (Lipinski definition) is 1. The highest BCUT2D eigenvalue weighted by molar-refractivity contribution is 5.85. The number of carbonyl (C=O) groups is 1. The summed E-state index contributed by atoms with van der Waals surface area (Å²) in [5.41, 5.74) is 3.49. The Morgan fingerprint density at radius 3 is 2.43 bits per heavy atom. The van der Waals surface area contributed by atoms with Gasteiger partial charge in [-0.25, -0.2) is 0 Å². The van der Waals surface area contributed by atoms with Gasteiger partial charge in [0, 0.05) is 6.54 Å².